The number of aromatic nitrogens is 1. The average Bonchev–Trinajstić information content (AvgIpc) is 2.67. The number of aliphatic imine (C=N–C) groups is 1. The molecule has 2 aromatic rings. The van der Waals surface area contributed by atoms with Crippen molar-refractivity contribution in [3.63, 3.8) is 0 Å². The van der Waals surface area contributed by atoms with Crippen LogP contribution in [-0.2, 0) is 13.1 Å². The Kier molecular flexibility index (Phi) is 8.46. The van der Waals surface area contributed by atoms with E-state index in [9.17, 15) is 4.79 Å². The Bertz CT molecular complexity index is 734. The molecule has 5 heteroatoms. The molecule has 0 atom stereocenters. The summed E-state index contributed by atoms with van der Waals surface area (Å²) in [6, 6.07) is 13.5. The molecule has 0 fully saturated rings. The van der Waals surface area contributed by atoms with E-state index in [-0.39, 0.29) is 5.56 Å². The number of benzene rings is 1. The molecule has 1 aromatic carbocycles. The van der Waals surface area contributed by atoms with E-state index in [1.807, 2.05) is 12.3 Å². The zero-order chi connectivity index (χ0) is 18.6. The largest absolute Gasteiger partial charge is 0.356 e. The zero-order valence-corrected chi connectivity index (χ0v) is 15.9. The molecular weight excluding hydrogens is 324 g/mol. The lowest BCUT2D eigenvalue weighted by molar-refractivity contribution is 0.647. The molecule has 2 N–H and O–H groups in total. The molecule has 140 valence electrons. The van der Waals surface area contributed by atoms with E-state index >= 15 is 0 Å². The molecule has 5 nitrogen and oxygen atoms in total. The van der Waals surface area contributed by atoms with Crippen molar-refractivity contribution in [3.05, 3.63) is 70.1 Å². The molecule has 1 aromatic heterocycles. The highest BCUT2D eigenvalue weighted by molar-refractivity contribution is 5.79. The molecule has 0 amide bonds. The highest BCUT2D eigenvalue weighted by Gasteiger charge is 2.00. The van der Waals surface area contributed by atoms with Crippen LogP contribution < -0.4 is 16.2 Å². The van der Waals surface area contributed by atoms with Crippen molar-refractivity contribution in [1.29, 1.82) is 0 Å². The molecule has 0 aliphatic carbocycles. The molecule has 1 heterocycles. The number of hydrogen-bond acceptors (Lipinski definition) is 2. The average molecular weight is 354 g/mol. The van der Waals surface area contributed by atoms with Crippen molar-refractivity contribution in [2.45, 2.75) is 45.7 Å². The maximum atomic E-state index is 11.8. The van der Waals surface area contributed by atoms with Gasteiger partial charge in [0, 0.05) is 32.4 Å². The minimum absolute atomic E-state index is 0.0204. The molecule has 0 radical (unpaired) electrons. The third-order valence-electron chi connectivity index (χ3n) is 4.28. The first-order valence-corrected chi connectivity index (χ1v) is 9.40. The summed E-state index contributed by atoms with van der Waals surface area (Å²) in [6.07, 6.45) is 6.78. The summed E-state index contributed by atoms with van der Waals surface area (Å²) in [5, 5.41) is 6.69. The first kappa shape index (κ1) is 19.8. The topological polar surface area (TPSA) is 58.4 Å². The van der Waals surface area contributed by atoms with Crippen LogP contribution in [0, 0.1) is 0 Å². The second-order valence-electron chi connectivity index (χ2n) is 6.40. The van der Waals surface area contributed by atoms with Gasteiger partial charge in [0.1, 0.15) is 0 Å². The van der Waals surface area contributed by atoms with E-state index in [0.717, 1.165) is 24.6 Å². The van der Waals surface area contributed by atoms with Gasteiger partial charge in [-0.25, -0.2) is 0 Å². The van der Waals surface area contributed by atoms with Crippen molar-refractivity contribution in [2.24, 2.45) is 4.99 Å². The van der Waals surface area contributed by atoms with E-state index < -0.39 is 0 Å². The molecule has 26 heavy (non-hydrogen) atoms. The van der Waals surface area contributed by atoms with Crippen molar-refractivity contribution in [2.75, 3.05) is 13.6 Å². The van der Waals surface area contributed by atoms with Crippen LogP contribution in [0.25, 0.3) is 0 Å². The SMILES string of the molecule is CCCCCCNC(=NC)NCc1ccc(Cn2ccccc2=O)cc1. The predicted molar refractivity (Wildman–Crippen MR) is 109 cm³/mol. The third-order valence-corrected chi connectivity index (χ3v) is 4.28. The minimum atomic E-state index is 0.0204. The lowest BCUT2D eigenvalue weighted by Crippen LogP contribution is -2.37. The van der Waals surface area contributed by atoms with Gasteiger partial charge in [0.05, 0.1) is 6.54 Å². The monoisotopic (exact) mass is 354 g/mol. The van der Waals surface area contributed by atoms with Crippen molar-refractivity contribution in [3.8, 4) is 0 Å². The van der Waals surface area contributed by atoms with E-state index in [0.29, 0.717) is 6.54 Å². The van der Waals surface area contributed by atoms with Gasteiger partial charge < -0.3 is 15.2 Å². The zero-order valence-electron chi connectivity index (χ0n) is 15.9. The van der Waals surface area contributed by atoms with Crippen LogP contribution in [0.5, 0.6) is 0 Å². The summed E-state index contributed by atoms with van der Waals surface area (Å²) in [7, 11) is 1.79. The second kappa shape index (κ2) is 11.1. The number of guanidine groups is 1. The Morgan fingerprint density at radius 1 is 1.00 bits per heavy atom. The molecular formula is C21H30N4O. The summed E-state index contributed by atoms with van der Waals surface area (Å²) >= 11 is 0. The van der Waals surface area contributed by atoms with Gasteiger partial charge >= 0.3 is 0 Å². The number of unbranched alkanes of at least 4 members (excludes halogenated alkanes) is 3. The van der Waals surface area contributed by atoms with E-state index in [4.69, 9.17) is 0 Å². The van der Waals surface area contributed by atoms with Crippen molar-refractivity contribution in [1.82, 2.24) is 15.2 Å². The minimum Gasteiger partial charge on any atom is -0.356 e. The van der Waals surface area contributed by atoms with Crippen molar-refractivity contribution >= 4 is 5.96 Å². The van der Waals surface area contributed by atoms with Crippen LogP contribution >= 0.6 is 0 Å². The normalized spacial score (nSPS) is 11.4. The summed E-state index contributed by atoms with van der Waals surface area (Å²) in [6.45, 7) is 4.48. The van der Waals surface area contributed by atoms with Crippen LogP contribution in [0.1, 0.15) is 43.7 Å². The van der Waals surface area contributed by atoms with Gasteiger partial charge in [0.2, 0.25) is 0 Å². The van der Waals surface area contributed by atoms with E-state index in [1.165, 1.54) is 31.2 Å². The molecule has 0 spiro atoms. The van der Waals surface area contributed by atoms with Crippen LogP contribution in [-0.4, -0.2) is 24.1 Å². The summed E-state index contributed by atoms with van der Waals surface area (Å²) in [5.74, 6) is 0.835. The number of hydrogen-bond donors (Lipinski definition) is 2. The molecule has 0 bridgehead atoms. The van der Waals surface area contributed by atoms with Gasteiger partial charge in [-0.1, -0.05) is 56.5 Å². The summed E-state index contributed by atoms with van der Waals surface area (Å²) < 4.78 is 1.71. The number of pyridine rings is 1. The first-order valence-electron chi connectivity index (χ1n) is 9.40. The van der Waals surface area contributed by atoms with Crippen LogP contribution in [0.15, 0.2) is 58.4 Å². The summed E-state index contributed by atoms with van der Waals surface area (Å²) in [5.41, 5.74) is 2.32. The van der Waals surface area contributed by atoms with Gasteiger partial charge in [-0.05, 0) is 23.6 Å². The van der Waals surface area contributed by atoms with Crippen LogP contribution in [0.2, 0.25) is 0 Å². The van der Waals surface area contributed by atoms with Gasteiger partial charge in [-0.15, -0.1) is 0 Å². The fraction of sp³-hybridized carbons (Fsp3) is 0.429. The molecule has 0 saturated carbocycles. The molecule has 2 rings (SSSR count). The molecule has 0 saturated heterocycles. The number of nitrogens with zero attached hydrogens (tertiary/aromatic N) is 2. The summed E-state index contributed by atoms with van der Waals surface area (Å²) in [4.78, 5) is 16.0. The van der Waals surface area contributed by atoms with Gasteiger partial charge in [0.15, 0.2) is 5.96 Å². The maximum absolute atomic E-state index is 11.8. The molecule has 0 aliphatic heterocycles. The Morgan fingerprint density at radius 3 is 2.46 bits per heavy atom. The Morgan fingerprint density at radius 2 is 1.77 bits per heavy atom. The predicted octanol–water partition coefficient (Wildman–Crippen LogP) is 3.14. The first-order chi connectivity index (χ1) is 12.7. The van der Waals surface area contributed by atoms with Gasteiger partial charge in [-0.2, -0.15) is 0 Å². The van der Waals surface area contributed by atoms with Crippen molar-refractivity contribution < 1.29 is 0 Å². The van der Waals surface area contributed by atoms with Gasteiger partial charge in [-0.3, -0.25) is 9.79 Å². The highest BCUT2D eigenvalue weighted by atomic mass is 16.1. The van der Waals surface area contributed by atoms with E-state index in [1.54, 1.807) is 23.7 Å². The fourth-order valence-electron chi connectivity index (χ4n) is 2.72. The number of rotatable bonds is 9. The van der Waals surface area contributed by atoms with Gasteiger partial charge in [0.25, 0.3) is 5.56 Å². The third kappa shape index (κ3) is 6.75. The smallest absolute Gasteiger partial charge is 0.250 e. The Balaban J connectivity index is 1.79. The lowest BCUT2D eigenvalue weighted by Gasteiger charge is -2.12. The quantitative estimate of drug-likeness (QED) is 0.413. The molecule has 0 unspecified atom stereocenters. The fourth-order valence-corrected chi connectivity index (χ4v) is 2.72. The lowest BCUT2D eigenvalue weighted by atomic mass is 10.1. The molecule has 0 aliphatic rings. The number of nitrogens with one attached hydrogen (secondary N) is 2. The Hall–Kier alpha value is -2.56. The standard InChI is InChI=1S/C21H30N4O/c1-3-4-5-7-14-23-21(22-2)24-16-18-10-12-19(13-11-18)17-25-15-8-6-9-20(25)26/h6,8-13,15H,3-5,7,14,16-17H2,1-2H3,(H2,22,23,24). The Labute approximate surface area is 156 Å². The van der Waals surface area contributed by atoms with E-state index in [2.05, 4.69) is 46.8 Å². The van der Waals surface area contributed by atoms with Crippen LogP contribution in [0.3, 0.4) is 0 Å². The highest BCUT2D eigenvalue weighted by Crippen LogP contribution is 2.05. The maximum Gasteiger partial charge on any atom is 0.250 e. The van der Waals surface area contributed by atoms with Crippen LogP contribution in [0.4, 0.5) is 0 Å². The second-order valence-corrected chi connectivity index (χ2v) is 6.40.